The van der Waals surface area contributed by atoms with E-state index in [0.717, 1.165) is 6.20 Å². The van der Waals surface area contributed by atoms with E-state index in [-0.39, 0.29) is 29.2 Å². The van der Waals surface area contributed by atoms with Crippen LogP contribution in [0.15, 0.2) is 83.2 Å². The van der Waals surface area contributed by atoms with Crippen LogP contribution in [0.5, 0.6) is 0 Å². The van der Waals surface area contributed by atoms with Crippen molar-refractivity contribution in [2.75, 3.05) is 13.3 Å². The van der Waals surface area contributed by atoms with Crippen molar-refractivity contribution in [2.24, 2.45) is 0 Å². The minimum absolute atomic E-state index is 0.0376. The number of benzene rings is 2. The Morgan fingerprint density at radius 1 is 1.07 bits per heavy atom. The number of nitrogens with one attached hydrogen (secondary N) is 3. The second kappa shape index (κ2) is 12.3. The largest absolute Gasteiger partial charge is 0.455 e. The van der Waals surface area contributed by atoms with Gasteiger partial charge in [0.2, 0.25) is 0 Å². The van der Waals surface area contributed by atoms with E-state index in [1.54, 1.807) is 18.2 Å². The average Bonchev–Trinajstić information content (AvgIpc) is 3.37. The Bertz CT molecular complexity index is 1670. The van der Waals surface area contributed by atoms with Crippen LogP contribution >= 0.6 is 11.9 Å². The van der Waals surface area contributed by atoms with E-state index in [2.05, 4.69) is 20.3 Å². The lowest BCUT2D eigenvalue weighted by atomic mass is 9.83. The Labute approximate surface area is 248 Å². The number of nitrogens with zero attached hydrogens (tertiary/aromatic N) is 1. The van der Waals surface area contributed by atoms with Crippen LogP contribution in [0.4, 0.5) is 17.6 Å². The maximum Gasteiger partial charge on any atom is 0.412 e. The molecule has 0 radical (unpaired) electrons. The number of pyridine rings is 1. The number of hydrogen-bond acceptors (Lipinski definition) is 6. The standard InChI is InChI=1S/C31H26F4N4O3S/c1-36-30(41)26-23-14-22(24(39-43-2)15-25(23)42-27(26)17-8-10-21(32)11-9-17)18-5-3-6-19(13-18)29(40)38-28(31(33,34)35)20-7-4-12-37-16-20/h3-13,15-16,22,28,39H,14H2,1-2H3,(H,36,41)(H,38,40). The number of carbonyl (C=O) groups excluding carboxylic acids is 2. The summed E-state index contributed by atoms with van der Waals surface area (Å²) in [5.41, 5.74) is 2.63. The smallest absolute Gasteiger partial charge is 0.412 e. The van der Waals surface area contributed by atoms with Gasteiger partial charge in [0, 0.05) is 65.6 Å². The molecule has 0 bridgehead atoms. The molecule has 0 fully saturated rings. The van der Waals surface area contributed by atoms with E-state index in [0.29, 0.717) is 33.7 Å². The molecule has 0 saturated heterocycles. The van der Waals surface area contributed by atoms with Crippen LogP contribution in [0.25, 0.3) is 17.4 Å². The number of halogens is 4. The lowest BCUT2D eigenvalue weighted by molar-refractivity contribution is -0.155. The van der Waals surface area contributed by atoms with Crippen LogP contribution < -0.4 is 15.4 Å². The highest BCUT2D eigenvalue weighted by molar-refractivity contribution is 7.96. The maximum atomic E-state index is 13.9. The molecule has 1 aliphatic carbocycles. The molecular weight excluding hydrogens is 584 g/mol. The van der Waals surface area contributed by atoms with Gasteiger partial charge in [-0.15, -0.1) is 0 Å². The van der Waals surface area contributed by atoms with Crippen molar-refractivity contribution in [3.05, 3.63) is 118 Å². The van der Waals surface area contributed by atoms with Crippen LogP contribution in [0.1, 0.15) is 55.1 Å². The summed E-state index contributed by atoms with van der Waals surface area (Å²) in [5.74, 6) is -1.39. The second-order valence-corrected chi connectivity index (χ2v) is 10.4. The summed E-state index contributed by atoms with van der Waals surface area (Å²) >= 11 is 1.33. The molecule has 0 saturated carbocycles. The minimum atomic E-state index is -4.74. The topological polar surface area (TPSA) is 96.3 Å². The Morgan fingerprint density at radius 3 is 2.49 bits per heavy atom. The van der Waals surface area contributed by atoms with Gasteiger partial charge in [-0.1, -0.05) is 30.1 Å². The Hall–Kier alpha value is -4.58. The van der Waals surface area contributed by atoms with Gasteiger partial charge in [0.1, 0.15) is 17.3 Å². The summed E-state index contributed by atoms with van der Waals surface area (Å²) in [6, 6.07) is 12.3. The van der Waals surface area contributed by atoms with Gasteiger partial charge in [-0.05, 0) is 54.4 Å². The predicted molar refractivity (Wildman–Crippen MR) is 156 cm³/mol. The summed E-state index contributed by atoms with van der Waals surface area (Å²) in [4.78, 5) is 29.9. The first kappa shape index (κ1) is 29.9. The van der Waals surface area contributed by atoms with Crippen LogP contribution in [-0.4, -0.2) is 36.3 Å². The molecule has 222 valence electrons. The van der Waals surface area contributed by atoms with Gasteiger partial charge < -0.3 is 19.8 Å². The van der Waals surface area contributed by atoms with Crippen molar-refractivity contribution in [3.8, 4) is 11.3 Å². The van der Waals surface area contributed by atoms with Gasteiger partial charge in [0.15, 0.2) is 6.04 Å². The van der Waals surface area contributed by atoms with Gasteiger partial charge in [0.25, 0.3) is 11.8 Å². The Kier molecular flexibility index (Phi) is 8.58. The van der Waals surface area contributed by atoms with E-state index in [1.807, 2.05) is 6.26 Å². The quantitative estimate of drug-likeness (QED) is 0.157. The number of rotatable bonds is 8. The number of hydrogen-bond donors (Lipinski definition) is 3. The fourth-order valence-corrected chi connectivity index (χ4v) is 5.49. The lowest BCUT2D eigenvalue weighted by Crippen LogP contribution is -2.38. The average molecular weight is 611 g/mol. The van der Waals surface area contributed by atoms with Crippen molar-refractivity contribution in [3.63, 3.8) is 0 Å². The molecule has 0 aliphatic heterocycles. The predicted octanol–water partition coefficient (Wildman–Crippen LogP) is 6.42. The zero-order chi connectivity index (χ0) is 30.7. The zero-order valence-corrected chi connectivity index (χ0v) is 23.8. The molecule has 12 heteroatoms. The minimum Gasteiger partial charge on any atom is -0.455 e. The summed E-state index contributed by atoms with van der Waals surface area (Å²) in [7, 11) is 1.49. The first-order valence-electron chi connectivity index (χ1n) is 13.1. The van der Waals surface area contributed by atoms with Crippen LogP contribution in [0.3, 0.4) is 0 Å². The number of aromatic nitrogens is 1. The summed E-state index contributed by atoms with van der Waals surface area (Å²) < 4.78 is 64.6. The Morgan fingerprint density at radius 2 is 1.84 bits per heavy atom. The van der Waals surface area contributed by atoms with E-state index in [1.165, 1.54) is 73.7 Å². The maximum absolute atomic E-state index is 13.9. The molecule has 1 aliphatic rings. The van der Waals surface area contributed by atoms with E-state index < -0.39 is 29.9 Å². The number of furan rings is 1. The molecule has 3 N–H and O–H groups in total. The van der Waals surface area contributed by atoms with Crippen LogP contribution in [0, 0.1) is 5.82 Å². The van der Waals surface area contributed by atoms with Crippen LogP contribution in [-0.2, 0) is 6.42 Å². The van der Waals surface area contributed by atoms with Crippen molar-refractivity contribution in [1.82, 2.24) is 20.3 Å². The highest BCUT2D eigenvalue weighted by Crippen LogP contribution is 2.42. The van der Waals surface area contributed by atoms with Gasteiger partial charge in [0.05, 0.1) is 5.56 Å². The molecule has 4 aromatic rings. The molecule has 2 atom stereocenters. The third-order valence-electron chi connectivity index (χ3n) is 7.06. The van der Waals surface area contributed by atoms with Crippen molar-refractivity contribution >= 4 is 29.8 Å². The number of amides is 2. The molecule has 2 aromatic heterocycles. The molecule has 2 aromatic carbocycles. The number of carbonyl (C=O) groups is 2. The highest BCUT2D eigenvalue weighted by Gasteiger charge is 2.42. The Balaban J connectivity index is 1.51. The molecule has 43 heavy (non-hydrogen) atoms. The van der Waals surface area contributed by atoms with Crippen molar-refractivity contribution < 1.29 is 31.6 Å². The SMILES string of the molecule is CNC(=O)c1c(-c2ccc(F)cc2)oc2c1CC(c1cccc(C(=O)NC(c3cccnc3)C(F)(F)F)c1)C(NSC)=C2. The van der Waals surface area contributed by atoms with E-state index in [4.69, 9.17) is 4.42 Å². The highest BCUT2D eigenvalue weighted by atomic mass is 32.2. The molecule has 5 rings (SSSR count). The summed E-state index contributed by atoms with van der Waals surface area (Å²) in [5, 5.41) is 4.73. The summed E-state index contributed by atoms with van der Waals surface area (Å²) in [6.07, 6.45) is 1.55. The third-order valence-corrected chi connectivity index (χ3v) is 7.50. The van der Waals surface area contributed by atoms with Crippen molar-refractivity contribution in [2.45, 2.75) is 24.6 Å². The van der Waals surface area contributed by atoms with E-state index in [9.17, 15) is 27.2 Å². The molecule has 7 nitrogen and oxygen atoms in total. The molecule has 2 unspecified atom stereocenters. The van der Waals surface area contributed by atoms with Gasteiger partial charge in [-0.25, -0.2) is 4.39 Å². The number of allylic oxidation sites excluding steroid dienone is 1. The first-order chi connectivity index (χ1) is 20.6. The molecule has 0 spiro atoms. The normalized spacial score (nSPS) is 15.2. The molecule has 2 amide bonds. The first-order valence-corrected chi connectivity index (χ1v) is 14.3. The second-order valence-electron chi connectivity index (χ2n) is 9.76. The van der Waals surface area contributed by atoms with Gasteiger partial charge >= 0.3 is 6.18 Å². The fourth-order valence-electron chi connectivity index (χ4n) is 5.06. The van der Waals surface area contributed by atoms with Crippen LogP contribution in [0.2, 0.25) is 0 Å². The summed E-state index contributed by atoms with van der Waals surface area (Å²) in [6.45, 7) is 0. The number of fused-ring (bicyclic) bond motifs is 1. The van der Waals surface area contributed by atoms with E-state index >= 15 is 0 Å². The molecular formula is C31H26F4N4O3S. The third kappa shape index (κ3) is 6.29. The zero-order valence-electron chi connectivity index (χ0n) is 23.0. The van der Waals surface area contributed by atoms with Gasteiger partial charge in [-0.2, -0.15) is 13.2 Å². The fraction of sp³-hybridized carbons (Fsp3) is 0.194. The van der Waals surface area contributed by atoms with Crippen molar-refractivity contribution in [1.29, 1.82) is 0 Å². The number of alkyl halides is 3. The lowest BCUT2D eigenvalue weighted by Gasteiger charge is -2.26. The molecule has 2 heterocycles. The van der Waals surface area contributed by atoms with Gasteiger partial charge in [-0.3, -0.25) is 14.6 Å². The monoisotopic (exact) mass is 610 g/mol.